The van der Waals surface area contributed by atoms with Gasteiger partial charge in [-0.1, -0.05) is 35.0 Å². The molecule has 0 aliphatic heterocycles. The first-order chi connectivity index (χ1) is 13.4. The lowest BCUT2D eigenvalue weighted by Gasteiger charge is -2.24. The van der Waals surface area contributed by atoms with E-state index in [1.807, 2.05) is 20.0 Å². The Labute approximate surface area is 162 Å². The average Bonchev–Trinajstić information content (AvgIpc) is 3.13. The van der Waals surface area contributed by atoms with Gasteiger partial charge in [0.1, 0.15) is 22.6 Å². The van der Waals surface area contributed by atoms with E-state index in [0.717, 1.165) is 5.56 Å². The van der Waals surface area contributed by atoms with Crippen molar-refractivity contribution in [1.82, 2.24) is 15.0 Å². The molecule has 0 unspecified atom stereocenters. The molecule has 0 spiro atoms. The summed E-state index contributed by atoms with van der Waals surface area (Å²) in [6.07, 6.45) is 3.28. The van der Waals surface area contributed by atoms with Gasteiger partial charge in [0.25, 0.3) is 0 Å². The van der Waals surface area contributed by atoms with E-state index in [1.165, 1.54) is 17.9 Å². The number of ether oxygens (including phenoxy) is 1. The van der Waals surface area contributed by atoms with Crippen molar-refractivity contribution in [1.29, 1.82) is 0 Å². The molecule has 4 aromatic rings. The van der Waals surface area contributed by atoms with Gasteiger partial charge in [-0.15, -0.1) is 5.10 Å². The second kappa shape index (κ2) is 6.96. The first-order valence-electron chi connectivity index (χ1n) is 9.07. The van der Waals surface area contributed by atoms with Gasteiger partial charge in [0.05, 0.1) is 24.4 Å². The van der Waals surface area contributed by atoms with E-state index in [9.17, 15) is 4.79 Å². The van der Waals surface area contributed by atoms with Crippen molar-refractivity contribution >= 4 is 11.0 Å². The van der Waals surface area contributed by atoms with Gasteiger partial charge >= 0.3 is 0 Å². The first kappa shape index (κ1) is 18.0. The SMILES string of the molecule is Cc1ccc(Cn2cc(C(C)(C)Oc3ccc4c(=O)ccoc4c3)nn2)cc1. The maximum atomic E-state index is 11.8. The molecule has 0 saturated heterocycles. The van der Waals surface area contributed by atoms with E-state index in [-0.39, 0.29) is 5.43 Å². The van der Waals surface area contributed by atoms with Gasteiger partial charge < -0.3 is 9.15 Å². The monoisotopic (exact) mass is 375 g/mol. The molecule has 0 atom stereocenters. The largest absolute Gasteiger partial charge is 0.481 e. The van der Waals surface area contributed by atoms with Gasteiger partial charge in [0.2, 0.25) is 0 Å². The molecule has 0 aliphatic rings. The Kier molecular flexibility index (Phi) is 4.47. The van der Waals surface area contributed by atoms with E-state index in [4.69, 9.17) is 9.15 Å². The number of hydrogen-bond acceptors (Lipinski definition) is 5. The molecule has 2 aromatic carbocycles. The fourth-order valence-corrected chi connectivity index (χ4v) is 3.01. The van der Waals surface area contributed by atoms with Gasteiger partial charge in [-0.3, -0.25) is 4.79 Å². The second-order valence-corrected chi connectivity index (χ2v) is 7.34. The van der Waals surface area contributed by atoms with Crippen LogP contribution in [0.1, 0.15) is 30.7 Å². The summed E-state index contributed by atoms with van der Waals surface area (Å²) < 4.78 is 13.4. The predicted octanol–water partition coefficient (Wildman–Crippen LogP) is 4.06. The standard InChI is InChI=1S/C22H21N3O3/c1-15-4-6-16(7-5-15)13-25-14-21(23-24-25)22(2,3)28-17-8-9-18-19(26)10-11-27-20(18)12-17/h4-12,14H,13H2,1-3H3. The number of fused-ring (bicyclic) bond motifs is 1. The van der Waals surface area contributed by atoms with E-state index in [1.54, 1.807) is 22.9 Å². The van der Waals surface area contributed by atoms with Crippen LogP contribution in [0.25, 0.3) is 11.0 Å². The highest BCUT2D eigenvalue weighted by molar-refractivity contribution is 5.77. The number of aryl methyl sites for hydroxylation is 1. The fourth-order valence-electron chi connectivity index (χ4n) is 3.01. The van der Waals surface area contributed by atoms with Crippen molar-refractivity contribution in [3.8, 4) is 5.75 Å². The Morgan fingerprint density at radius 1 is 1.11 bits per heavy atom. The van der Waals surface area contributed by atoms with Crippen molar-refractivity contribution in [3.63, 3.8) is 0 Å². The highest BCUT2D eigenvalue weighted by Crippen LogP contribution is 2.28. The third-order valence-electron chi connectivity index (χ3n) is 4.63. The quantitative estimate of drug-likeness (QED) is 0.526. The second-order valence-electron chi connectivity index (χ2n) is 7.34. The lowest BCUT2D eigenvalue weighted by Crippen LogP contribution is -2.25. The van der Waals surface area contributed by atoms with Gasteiger partial charge in [-0.05, 0) is 38.5 Å². The molecular weight excluding hydrogens is 354 g/mol. The molecule has 0 N–H and O–H groups in total. The van der Waals surface area contributed by atoms with Crippen molar-refractivity contribution in [2.75, 3.05) is 0 Å². The van der Waals surface area contributed by atoms with Gasteiger partial charge in [-0.2, -0.15) is 0 Å². The van der Waals surface area contributed by atoms with Crippen LogP contribution in [-0.4, -0.2) is 15.0 Å². The molecule has 0 bridgehead atoms. The van der Waals surface area contributed by atoms with Gasteiger partial charge in [0, 0.05) is 12.1 Å². The number of hydrogen-bond donors (Lipinski definition) is 0. The third-order valence-corrected chi connectivity index (χ3v) is 4.63. The third kappa shape index (κ3) is 3.67. The van der Waals surface area contributed by atoms with Crippen molar-refractivity contribution in [3.05, 3.63) is 88.0 Å². The summed E-state index contributed by atoms with van der Waals surface area (Å²) in [4.78, 5) is 11.8. The molecule has 28 heavy (non-hydrogen) atoms. The maximum Gasteiger partial charge on any atom is 0.192 e. The molecule has 4 rings (SSSR count). The molecule has 6 nitrogen and oxygen atoms in total. The summed E-state index contributed by atoms with van der Waals surface area (Å²) in [5.41, 5.74) is 2.81. The molecular formula is C22H21N3O3. The molecule has 0 amide bonds. The topological polar surface area (TPSA) is 70.2 Å². The van der Waals surface area contributed by atoms with Crippen LogP contribution in [-0.2, 0) is 12.1 Å². The molecule has 6 heteroatoms. The van der Waals surface area contributed by atoms with E-state index < -0.39 is 5.60 Å². The van der Waals surface area contributed by atoms with Crippen molar-refractivity contribution < 1.29 is 9.15 Å². The zero-order valence-electron chi connectivity index (χ0n) is 16.0. The van der Waals surface area contributed by atoms with Crippen LogP contribution in [0.2, 0.25) is 0 Å². The van der Waals surface area contributed by atoms with E-state index in [0.29, 0.717) is 29.0 Å². The molecule has 2 heterocycles. The Hall–Kier alpha value is -3.41. The highest BCUT2D eigenvalue weighted by atomic mass is 16.5. The number of rotatable bonds is 5. The van der Waals surface area contributed by atoms with Gasteiger partial charge in [0.15, 0.2) is 5.43 Å². The molecule has 142 valence electrons. The minimum Gasteiger partial charge on any atom is -0.481 e. The van der Waals surface area contributed by atoms with Crippen LogP contribution >= 0.6 is 0 Å². The Morgan fingerprint density at radius 2 is 1.89 bits per heavy atom. The van der Waals surface area contributed by atoms with Crippen molar-refractivity contribution in [2.24, 2.45) is 0 Å². The van der Waals surface area contributed by atoms with Crippen LogP contribution in [0, 0.1) is 6.92 Å². The minimum atomic E-state index is -0.700. The summed E-state index contributed by atoms with van der Waals surface area (Å²) in [5, 5.41) is 9.04. The van der Waals surface area contributed by atoms with E-state index in [2.05, 4.69) is 41.5 Å². The molecule has 0 aliphatic carbocycles. The molecule has 0 radical (unpaired) electrons. The predicted molar refractivity (Wildman–Crippen MR) is 106 cm³/mol. The lowest BCUT2D eigenvalue weighted by atomic mass is 10.1. The van der Waals surface area contributed by atoms with Crippen LogP contribution in [0.15, 0.2) is 70.2 Å². The zero-order chi connectivity index (χ0) is 19.7. The van der Waals surface area contributed by atoms with Crippen molar-refractivity contribution in [2.45, 2.75) is 32.9 Å². The Bertz CT molecular complexity index is 1170. The Balaban J connectivity index is 1.54. The van der Waals surface area contributed by atoms with Crippen LogP contribution in [0.5, 0.6) is 5.75 Å². The summed E-state index contributed by atoms with van der Waals surface area (Å²) >= 11 is 0. The smallest absolute Gasteiger partial charge is 0.192 e. The van der Waals surface area contributed by atoms with Crippen LogP contribution in [0.4, 0.5) is 0 Å². The first-order valence-corrected chi connectivity index (χ1v) is 9.07. The normalized spacial score (nSPS) is 11.7. The zero-order valence-corrected chi connectivity index (χ0v) is 16.0. The fraction of sp³-hybridized carbons (Fsp3) is 0.227. The van der Waals surface area contributed by atoms with Crippen LogP contribution in [0.3, 0.4) is 0 Å². The van der Waals surface area contributed by atoms with E-state index >= 15 is 0 Å². The average molecular weight is 375 g/mol. The maximum absolute atomic E-state index is 11.8. The number of aromatic nitrogens is 3. The number of nitrogens with zero attached hydrogens (tertiary/aromatic N) is 3. The lowest BCUT2D eigenvalue weighted by molar-refractivity contribution is 0.104. The van der Waals surface area contributed by atoms with Gasteiger partial charge in [-0.25, -0.2) is 4.68 Å². The highest BCUT2D eigenvalue weighted by Gasteiger charge is 2.27. The summed E-state index contributed by atoms with van der Waals surface area (Å²) in [6.45, 7) is 6.57. The summed E-state index contributed by atoms with van der Waals surface area (Å²) in [6, 6.07) is 14.9. The minimum absolute atomic E-state index is 0.0777. The number of benzene rings is 2. The Morgan fingerprint density at radius 3 is 2.68 bits per heavy atom. The molecule has 0 fully saturated rings. The summed E-state index contributed by atoms with van der Waals surface area (Å²) in [5.74, 6) is 0.597. The molecule has 2 aromatic heterocycles. The van der Waals surface area contributed by atoms with Crippen LogP contribution < -0.4 is 10.2 Å². The molecule has 0 saturated carbocycles. The summed E-state index contributed by atoms with van der Waals surface area (Å²) in [7, 11) is 0.